The lowest BCUT2D eigenvalue weighted by Gasteiger charge is -2.02. The summed E-state index contributed by atoms with van der Waals surface area (Å²) in [4.78, 5) is 0. The minimum Gasteiger partial charge on any atom is -0.398 e. The number of fused-ring (bicyclic) bond motifs is 1. The highest BCUT2D eigenvalue weighted by molar-refractivity contribution is 14.1. The molecule has 0 atom stereocenters. The molecule has 2 N–H and O–H groups in total. The Morgan fingerprint density at radius 2 is 2.23 bits per heavy atom. The van der Waals surface area contributed by atoms with Crippen molar-refractivity contribution in [2.75, 3.05) is 5.73 Å². The first kappa shape index (κ1) is 9.73. The largest absolute Gasteiger partial charge is 0.398 e. The molecular weight excluding hydrogens is 361 g/mol. The van der Waals surface area contributed by atoms with Crippen LogP contribution in [-0.2, 0) is 5.33 Å². The van der Waals surface area contributed by atoms with Crippen LogP contribution in [0.3, 0.4) is 0 Å². The molecule has 4 heteroatoms. The molecule has 1 aromatic carbocycles. The number of anilines is 1. The van der Waals surface area contributed by atoms with Crippen molar-refractivity contribution in [2.24, 2.45) is 0 Å². The van der Waals surface area contributed by atoms with Crippen LogP contribution in [0, 0.1) is 3.57 Å². The van der Waals surface area contributed by atoms with Gasteiger partial charge in [-0.15, -0.1) is 11.3 Å². The predicted octanol–water partition coefficient (Wildman–Crippen LogP) is 3.98. The Bertz CT molecular complexity index is 452. The summed E-state index contributed by atoms with van der Waals surface area (Å²) in [6.07, 6.45) is 0. The number of nitrogens with two attached hydrogens (primary N) is 1. The van der Waals surface area contributed by atoms with Gasteiger partial charge >= 0.3 is 0 Å². The van der Waals surface area contributed by atoms with Crippen LogP contribution >= 0.6 is 49.9 Å². The number of nitrogen functional groups attached to an aromatic ring is 1. The summed E-state index contributed by atoms with van der Waals surface area (Å²) in [5, 5.41) is 4.10. The number of thiophene rings is 1. The zero-order chi connectivity index (χ0) is 9.42. The molecule has 0 saturated carbocycles. The van der Waals surface area contributed by atoms with E-state index in [1.165, 1.54) is 19.2 Å². The number of halogens is 2. The Kier molecular flexibility index (Phi) is 2.80. The standard InChI is InChI=1S/C9H7BrINS/c10-3-5-1-2-7-8(9(5)11)6(12)4-13-7/h1-2,4H,3,12H2. The molecule has 2 aromatic rings. The summed E-state index contributed by atoms with van der Waals surface area (Å²) >= 11 is 7.52. The molecule has 0 amide bonds. The topological polar surface area (TPSA) is 26.0 Å². The number of alkyl halides is 1. The minimum atomic E-state index is 0.885. The highest BCUT2D eigenvalue weighted by Crippen LogP contribution is 2.34. The van der Waals surface area contributed by atoms with E-state index in [0.29, 0.717) is 0 Å². The summed E-state index contributed by atoms with van der Waals surface area (Å²) in [5.74, 6) is 0. The van der Waals surface area contributed by atoms with Gasteiger partial charge in [-0.1, -0.05) is 22.0 Å². The third kappa shape index (κ3) is 1.59. The van der Waals surface area contributed by atoms with E-state index in [-0.39, 0.29) is 0 Å². The molecule has 1 heterocycles. The molecule has 0 saturated heterocycles. The fourth-order valence-electron chi connectivity index (χ4n) is 1.26. The van der Waals surface area contributed by atoms with Crippen LogP contribution < -0.4 is 5.73 Å². The van der Waals surface area contributed by atoms with E-state index >= 15 is 0 Å². The number of benzene rings is 1. The van der Waals surface area contributed by atoms with Crippen LogP contribution in [0.5, 0.6) is 0 Å². The molecule has 0 bridgehead atoms. The fourth-order valence-corrected chi connectivity index (χ4v) is 4.26. The molecule has 0 fully saturated rings. The summed E-state index contributed by atoms with van der Waals surface area (Å²) in [5.41, 5.74) is 8.09. The Labute approximate surface area is 103 Å². The summed E-state index contributed by atoms with van der Waals surface area (Å²) in [7, 11) is 0. The first-order chi connectivity index (χ1) is 6.24. The smallest absolute Gasteiger partial charge is 0.0513 e. The molecule has 0 aliphatic rings. The third-order valence-electron chi connectivity index (χ3n) is 1.93. The summed E-state index contributed by atoms with van der Waals surface area (Å²) in [6, 6.07) is 4.28. The van der Waals surface area contributed by atoms with Crippen molar-refractivity contribution in [3.63, 3.8) is 0 Å². The molecule has 0 spiro atoms. The van der Waals surface area contributed by atoms with E-state index in [1.54, 1.807) is 11.3 Å². The van der Waals surface area contributed by atoms with Gasteiger partial charge in [0.25, 0.3) is 0 Å². The summed E-state index contributed by atoms with van der Waals surface area (Å²) in [6.45, 7) is 0. The molecule has 2 rings (SSSR count). The van der Waals surface area contributed by atoms with Crippen molar-refractivity contribution < 1.29 is 0 Å². The van der Waals surface area contributed by atoms with Crippen LogP contribution in [-0.4, -0.2) is 0 Å². The maximum absolute atomic E-state index is 5.89. The first-order valence-corrected chi connectivity index (χ1v) is 6.82. The lowest BCUT2D eigenvalue weighted by Crippen LogP contribution is -1.87. The van der Waals surface area contributed by atoms with Gasteiger partial charge in [-0.2, -0.15) is 0 Å². The quantitative estimate of drug-likeness (QED) is 0.598. The zero-order valence-corrected chi connectivity index (χ0v) is 11.2. The van der Waals surface area contributed by atoms with Crippen molar-refractivity contribution in [2.45, 2.75) is 5.33 Å². The van der Waals surface area contributed by atoms with Gasteiger partial charge in [0.1, 0.15) is 0 Å². The lowest BCUT2D eigenvalue weighted by atomic mass is 10.2. The van der Waals surface area contributed by atoms with E-state index in [4.69, 9.17) is 5.73 Å². The van der Waals surface area contributed by atoms with Gasteiger partial charge in [0.2, 0.25) is 0 Å². The van der Waals surface area contributed by atoms with E-state index in [1.807, 2.05) is 5.38 Å². The molecule has 0 radical (unpaired) electrons. The van der Waals surface area contributed by atoms with Crippen LogP contribution in [0.1, 0.15) is 5.56 Å². The fraction of sp³-hybridized carbons (Fsp3) is 0.111. The molecule has 13 heavy (non-hydrogen) atoms. The van der Waals surface area contributed by atoms with Crippen molar-refractivity contribution in [1.82, 2.24) is 0 Å². The van der Waals surface area contributed by atoms with Crippen LogP contribution in [0.25, 0.3) is 10.1 Å². The Hall–Kier alpha value is 0.190. The number of hydrogen-bond acceptors (Lipinski definition) is 2. The lowest BCUT2D eigenvalue weighted by molar-refractivity contribution is 1.44. The maximum Gasteiger partial charge on any atom is 0.0513 e. The molecule has 0 aliphatic carbocycles. The highest BCUT2D eigenvalue weighted by Gasteiger charge is 2.08. The first-order valence-electron chi connectivity index (χ1n) is 3.74. The highest BCUT2D eigenvalue weighted by atomic mass is 127. The van der Waals surface area contributed by atoms with E-state index in [9.17, 15) is 0 Å². The zero-order valence-electron chi connectivity index (χ0n) is 6.68. The molecule has 0 aliphatic heterocycles. The Morgan fingerprint density at radius 3 is 2.92 bits per heavy atom. The predicted molar refractivity (Wildman–Crippen MR) is 71.6 cm³/mol. The molecule has 68 valence electrons. The van der Waals surface area contributed by atoms with Crippen LogP contribution in [0.4, 0.5) is 5.69 Å². The monoisotopic (exact) mass is 367 g/mol. The molecular formula is C9H7BrINS. The van der Waals surface area contributed by atoms with E-state index in [2.05, 4.69) is 50.7 Å². The SMILES string of the molecule is Nc1csc2ccc(CBr)c(I)c12. The second-order valence-electron chi connectivity index (χ2n) is 2.74. The molecule has 1 nitrogen and oxygen atoms in total. The van der Waals surface area contributed by atoms with E-state index in [0.717, 1.165) is 11.0 Å². The van der Waals surface area contributed by atoms with Gasteiger partial charge in [-0.3, -0.25) is 0 Å². The average molecular weight is 368 g/mol. The number of rotatable bonds is 1. The third-order valence-corrected chi connectivity index (χ3v) is 4.73. The van der Waals surface area contributed by atoms with Gasteiger partial charge in [-0.25, -0.2) is 0 Å². The van der Waals surface area contributed by atoms with Gasteiger partial charge in [0, 0.05) is 24.4 Å². The van der Waals surface area contributed by atoms with Gasteiger partial charge in [0.15, 0.2) is 0 Å². The maximum atomic E-state index is 5.89. The van der Waals surface area contributed by atoms with Crippen LogP contribution in [0.15, 0.2) is 17.5 Å². The van der Waals surface area contributed by atoms with Crippen molar-refractivity contribution >= 4 is 65.6 Å². The van der Waals surface area contributed by atoms with Crippen molar-refractivity contribution in [3.05, 3.63) is 26.6 Å². The Morgan fingerprint density at radius 1 is 1.46 bits per heavy atom. The second kappa shape index (κ2) is 3.74. The second-order valence-corrected chi connectivity index (χ2v) is 5.29. The van der Waals surface area contributed by atoms with Gasteiger partial charge < -0.3 is 5.73 Å². The normalized spacial score (nSPS) is 10.9. The van der Waals surface area contributed by atoms with Gasteiger partial charge in [-0.05, 0) is 34.2 Å². The van der Waals surface area contributed by atoms with Gasteiger partial charge in [0.05, 0.1) is 5.69 Å². The Balaban J connectivity index is 2.83. The molecule has 0 unspecified atom stereocenters. The van der Waals surface area contributed by atoms with Crippen molar-refractivity contribution in [1.29, 1.82) is 0 Å². The van der Waals surface area contributed by atoms with Crippen LogP contribution in [0.2, 0.25) is 0 Å². The van der Waals surface area contributed by atoms with E-state index < -0.39 is 0 Å². The minimum absolute atomic E-state index is 0.885. The molecule has 1 aromatic heterocycles. The van der Waals surface area contributed by atoms with Crippen molar-refractivity contribution in [3.8, 4) is 0 Å². The summed E-state index contributed by atoms with van der Waals surface area (Å²) < 4.78 is 2.54. The number of hydrogen-bond donors (Lipinski definition) is 1. The average Bonchev–Trinajstić information content (AvgIpc) is 2.49.